The van der Waals surface area contributed by atoms with Gasteiger partial charge < -0.3 is 15.8 Å². The van der Waals surface area contributed by atoms with Crippen molar-refractivity contribution < 1.29 is 9.53 Å². The highest BCUT2D eigenvalue weighted by atomic mass is 16.5. The SMILES string of the molecule is CCC(CC)(CC)NC(=O)C1(CN)CCOCC1. The predicted molar refractivity (Wildman–Crippen MR) is 73.3 cm³/mol. The van der Waals surface area contributed by atoms with Gasteiger partial charge in [0.25, 0.3) is 0 Å². The van der Waals surface area contributed by atoms with Crippen LogP contribution in [-0.2, 0) is 9.53 Å². The maximum atomic E-state index is 12.6. The van der Waals surface area contributed by atoms with Crippen molar-refractivity contribution in [3.05, 3.63) is 0 Å². The molecule has 0 atom stereocenters. The van der Waals surface area contributed by atoms with E-state index in [0.717, 1.165) is 32.1 Å². The molecule has 1 fully saturated rings. The highest BCUT2D eigenvalue weighted by Crippen LogP contribution is 2.31. The van der Waals surface area contributed by atoms with Crippen molar-refractivity contribution in [2.75, 3.05) is 19.8 Å². The third-order valence-electron chi connectivity index (χ3n) is 4.73. The lowest BCUT2D eigenvalue weighted by molar-refractivity contribution is -0.138. The minimum Gasteiger partial charge on any atom is -0.381 e. The van der Waals surface area contributed by atoms with Crippen LogP contribution in [0.5, 0.6) is 0 Å². The Kier molecular flexibility index (Phi) is 5.60. The number of ether oxygens (including phenoxy) is 1. The molecule has 0 saturated carbocycles. The van der Waals surface area contributed by atoms with E-state index in [1.54, 1.807) is 0 Å². The molecule has 0 aromatic heterocycles. The van der Waals surface area contributed by atoms with Gasteiger partial charge in [-0.1, -0.05) is 20.8 Å². The summed E-state index contributed by atoms with van der Waals surface area (Å²) in [7, 11) is 0. The summed E-state index contributed by atoms with van der Waals surface area (Å²) in [5.41, 5.74) is 5.38. The summed E-state index contributed by atoms with van der Waals surface area (Å²) < 4.78 is 5.35. The third kappa shape index (κ3) is 3.04. The number of hydrogen-bond acceptors (Lipinski definition) is 3. The molecule has 0 unspecified atom stereocenters. The summed E-state index contributed by atoms with van der Waals surface area (Å²) in [4.78, 5) is 12.6. The molecule has 1 rings (SSSR count). The van der Waals surface area contributed by atoms with Gasteiger partial charge in [0.05, 0.1) is 5.41 Å². The van der Waals surface area contributed by atoms with Crippen molar-refractivity contribution in [1.82, 2.24) is 5.32 Å². The van der Waals surface area contributed by atoms with Crippen molar-refractivity contribution in [2.24, 2.45) is 11.1 Å². The summed E-state index contributed by atoms with van der Waals surface area (Å²) in [6, 6.07) is 0. The Morgan fingerprint density at radius 1 is 1.22 bits per heavy atom. The molecule has 106 valence electrons. The molecule has 1 heterocycles. The number of nitrogens with two attached hydrogens (primary N) is 1. The van der Waals surface area contributed by atoms with Crippen LogP contribution >= 0.6 is 0 Å². The second-order valence-electron chi connectivity index (χ2n) is 5.39. The van der Waals surface area contributed by atoms with Gasteiger partial charge in [-0.05, 0) is 32.1 Å². The molecule has 18 heavy (non-hydrogen) atoms. The van der Waals surface area contributed by atoms with E-state index in [1.165, 1.54) is 0 Å². The fourth-order valence-corrected chi connectivity index (χ4v) is 2.67. The molecule has 0 aromatic carbocycles. The molecule has 1 aliphatic heterocycles. The summed E-state index contributed by atoms with van der Waals surface area (Å²) in [5, 5.41) is 3.27. The van der Waals surface area contributed by atoms with Gasteiger partial charge in [0.1, 0.15) is 0 Å². The monoisotopic (exact) mass is 256 g/mol. The number of carbonyl (C=O) groups is 1. The summed E-state index contributed by atoms with van der Waals surface area (Å²) in [5.74, 6) is 0.124. The Hall–Kier alpha value is -0.610. The Bertz CT molecular complexity index is 261. The zero-order chi connectivity index (χ0) is 13.6. The van der Waals surface area contributed by atoms with Crippen LogP contribution in [0, 0.1) is 5.41 Å². The van der Waals surface area contributed by atoms with Gasteiger partial charge in [-0.3, -0.25) is 4.79 Å². The number of nitrogens with one attached hydrogen (secondary N) is 1. The average Bonchev–Trinajstić information content (AvgIpc) is 2.45. The largest absolute Gasteiger partial charge is 0.381 e. The van der Waals surface area contributed by atoms with Gasteiger partial charge in [-0.25, -0.2) is 0 Å². The zero-order valence-electron chi connectivity index (χ0n) is 12.1. The van der Waals surface area contributed by atoms with Crippen LogP contribution in [0.2, 0.25) is 0 Å². The summed E-state index contributed by atoms with van der Waals surface area (Å²) in [6.07, 6.45) is 4.36. The first-order valence-electron chi connectivity index (χ1n) is 7.18. The van der Waals surface area contributed by atoms with Gasteiger partial charge in [0.15, 0.2) is 0 Å². The van der Waals surface area contributed by atoms with E-state index < -0.39 is 5.41 Å². The van der Waals surface area contributed by atoms with Crippen molar-refractivity contribution in [3.8, 4) is 0 Å². The molecular weight excluding hydrogens is 228 g/mol. The summed E-state index contributed by atoms with van der Waals surface area (Å²) >= 11 is 0. The highest BCUT2D eigenvalue weighted by Gasteiger charge is 2.41. The van der Waals surface area contributed by atoms with Crippen molar-refractivity contribution in [2.45, 2.75) is 58.4 Å². The van der Waals surface area contributed by atoms with Crippen LogP contribution in [-0.4, -0.2) is 31.2 Å². The van der Waals surface area contributed by atoms with Crippen LogP contribution in [0.15, 0.2) is 0 Å². The fourth-order valence-electron chi connectivity index (χ4n) is 2.67. The molecule has 4 heteroatoms. The van der Waals surface area contributed by atoms with Gasteiger partial charge >= 0.3 is 0 Å². The van der Waals surface area contributed by atoms with Crippen LogP contribution in [0.1, 0.15) is 52.9 Å². The molecular formula is C14H28N2O2. The van der Waals surface area contributed by atoms with Crippen LogP contribution < -0.4 is 11.1 Å². The maximum Gasteiger partial charge on any atom is 0.228 e. The molecule has 3 N–H and O–H groups in total. The first-order chi connectivity index (χ1) is 8.58. The summed E-state index contributed by atoms with van der Waals surface area (Å²) in [6.45, 7) is 8.09. The van der Waals surface area contributed by atoms with Crippen LogP contribution in [0.4, 0.5) is 0 Å². The minimum atomic E-state index is -0.414. The normalized spacial score (nSPS) is 19.6. The number of hydrogen-bond donors (Lipinski definition) is 2. The standard InChI is InChI=1S/C14H28N2O2/c1-4-14(5-2,6-3)16-12(17)13(11-15)7-9-18-10-8-13/h4-11,15H2,1-3H3,(H,16,17). The molecule has 0 aromatic rings. The smallest absolute Gasteiger partial charge is 0.228 e. The van der Waals surface area contributed by atoms with Gasteiger partial charge in [-0.2, -0.15) is 0 Å². The van der Waals surface area contributed by atoms with E-state index in [1.807, 2.05) is 0 Å². The molecule has 4 nitrogen and oxygen atoms in total. The number of amides is 1. The lowest BCUT2D eigenvalue weighted by Crippen LogP contribution is -2.56. The van der Waals surface area contributed by atoms with E-state index >= 15 is 0 Å². The van der Waals surface area contributed by atoms with Gasteiger partial charge in [0, 0.05) is 25.3 Å². The molecule has 0 bridgehead atoms. The third-order valence-corrected chi connectivity index (χ3v) is 4.73. The quantitative estimate of drug-likeness (QED) is 0.762. The second-order valence-corrected chi connectivity index (χ2v) is 5.39. The Balaban J connectivity index is 2.78. The molecule has 1 aliphatic rings. The molecule has 0 radical (unpaired) electrons. The van der Waals surface area contributed by atoms with Crippen molar-refractivity contribution in [1.29, 1.82) is 0 Å². The van der Waals surface area contributed by atoms with E-state index in [-0.39, 0.29) is 11.4 Å². The Labute approximate surface area is 111 Å². The predicted octanol–water partition coefficient (Wildman–Crippen LogP) is 1.83. The first kappa shape index (κ1) is 15.4. The van der Waals surface area contributed by atoms with Crippen molar-refractivity contribution >= 4 is 5.91 Å². The van der Waals surface area contributed by atoms with Gasteiger partial charge in [0.2, 0.25) is 5.91 Å². The molecule has 1 amide bonds. The van der Waals surface area contributed by atoms with Crippen LogP contribution in [0.25, 0.3) is 0 Å². The maximum absolute atomic E-state index is 12.6. The van der Waals surface area contributed by atoms with E-state index in [4.69, 9.17) is 10.5 Å². The highest BCUT2D eigenvalue weighted by molar-refractivity contribution is 5.83. The zero-order valence-corrected chi connectivity index (χ0v) is 12.1. The topological polar surface area (TPSA) is 64.4 Å². The van der Waals surface area contributed by atoms with E-state index in [0.29, 0.717) is 19.8 Å². The molecule has 1 saturated heterocycles. The van der Waals surface area contributed by atoms with Gasteiger partial charge in [-0.15, -0.1) is 0 Å². The minimum absolute atomic E-state index is 0.0719. The number of rotatable bonds is 6. The molecule has 0 aliphatic carbocycles. The van der Waals surface area contributed by atoms with Crippen LogP contribution in [0.3, 0.4) is 0 Å². The molecule has 0 spiro atoms. The lowest BCUT2D eigenvalue weighted by atomic mass is 9.78. The Morgan fingerprint density at radius 2 is 1.72 bits per heavy atom. The van der Waals surface area contributed by atoms with Crippen molar-refractivity contribution in [3.63, 3.8) is 0 Å². The Morgan fingerprint density at radius 3 is 2.11 bits per heavy atom. The first-order valence-corrected chi connectivity index (χ1v) is 7.18. The average molecular weight is 256 g/mol. The number of carbonyl (C=O) groups excluding carboxylic acids is 1. The fraction of sp³-hybridized carbons (Fsp3) is 0.929. The van der Waals surface area contributed by atoms with E-state index in [9.17, 15) is 4.79 Å². The second kappa shape index (κ2) is 6.53. The van der Waals surface area contributed by atoms with E-state index in [2.05, 4.69) is 26.1 Å². The lowest BCUT2D eigenvalue weighted by Gasteiger charge is -2.40.